The molecular weight excluding hydrogens is 352 g/mol. The Morgan fingerprint density at radius 2 is 1.96 bits per heavy atom. The Hall–Kier alpha value is -2.60. The van der Waals surface area contributed by atoms with Gasteiger partial charge in [-0.1, -0.05) is 0 Å². The number of carbonyl (C=O) groups excluding carboxylic acids is 1. The normalized spacial score (nSPS) is 14.7. The van der Waals surface area contributed by atoms with E-state index in [4.69, 9.17) is 4.74 Å². The number of nitrogens with zero attached hydrogens (tertiary/aromatic N) is 2. The second kappa shape index (κ2) is 10.1. The zero-order valence-electron chi connectivity index (χ0n) is 16.8. The number of aromatic nitrogens is 1. The quantitative estimate of drug-likeness (QED) is 0.729. The number of nitrogens with one attached hydrogen (secondary N) is 2. The number of hydrogen-bond acceptors (Lipinski definition) is 5. The molecule has 1 aromatic heterocycles. The first-order chi connectivity index (χ1) is 13.7. The van der Waals surface area contributed by atoms with Gasteiger partial charge in [-0.05, 0) is 82.1 Å². The molecule has 2 heterocycles. The van der Waals surface area contributed by atoms with Crippen molar-refractivity contribution in [2.24, 2.45) is 5.92 Å². The summed E-state index contributed by atoms with van der Waals surface area (Å²) in [5.74, 6) is 2.17. The van der Waals surface area contributed by atoms with Gasteiger partial charge in [-0.25, -0.2) is 4.98 Å². The SMILES string of the molecule is CCOc1ccc(Nc2ncccc2C(=O)N2CCC(CCNC)CC2)cc1. The Balaban J connectivity index is 1.65. The maximum absolute atomic E-state index is 13.1. The molecule has 0 radical (unpaired) electrons. The van der Waals surface area contributed by atoms with Gasteiger partial charge >= 0.3 is 0 Å². The van der Waals surface area contributed by atoms with Gasteiger partial charge < -0.3 is 20.3 Å². The molecule has 1 aromatic carbocycles. The molecule has 6 nitrogen and oxygen atoms in total. The number of benzene rings is 1. The highest BCUT2D eigenvalue weighted by Gasteiger charge is 2.25. The first kappa shape index (κ1) is 20.1. The third-order valence-electron chi connectivity index (χ3n) is 5.17. The monoisotopic (exact) mass is 382 g/mol. The van der Waals surface area contributed by atoms with Gasteiger partial charge in [0.2, 0.25) is 0 Å². The van der Waals surface area contributed by atoms with Crippen LogP contribution in [-0.2, 0) is 0 Å². The van der Waals surface area contributed by atoms with Crippen LogP contribution in [0.3, 0.4) is 0 Å². The molecule has 0 spiro atoms. The number of amides is 1. The van der Waals surface area contributed by atoms with E-state index in [1.807, 2.05) is 55.3 Å². The van der Waals surface area contributed by atoms with Crippen LogP contribution in [0.4, 0.5) is 11.5 Å². The highest BCUT2D eigenvalue weighted by atomic mass is 16.5. The van der Waals surface area contributed by atoms with Crippen molar-refractivity contribution in [2.75, 3.05) is 38.6 Å². The zero-order chi connectivity index (χ0) is 19.8. The summed E-state index contributed by atoms with van der Waals surface area (Å²) in [5.41, 5.74) is 1.49. The van der Waals surface area contributed by atoms with Crippen molar-refractivity contribution in [1.82, 2.24) is 15.2 Å². The van der Waals surface area contributed by atoms with E-state index in [1.54, 1.807) is 6.20 Å². The predicted octanol–water partition coefficient (Wildman–Crippen LogP) is 3.69. The summed E-state index contributed by atoms with van der Waals surface area (Å²) < 4.78 is 5.48. The summed E-state index contributed by atoms with van der Waals surface area (Å²) in [4.78, 5) is 19.4. The Labute approximate surface area is 167 Å². The number of carbonyl (C=O) groups is 1. The van der Waals surface area contributed by atoms with Crippen LogP contribution >= 0.6 is 0 Å². The van der Waals surface area contributed by atoms with Crippen molar-refractivity contribution in [3.05, 3.63) is 48.2 Å². The average molecular weight is 383 g/mol. The molecule has 2 N–H and O–H groups in total. The van der Waals surface area contributed by atoms with Crippen molar-refractivity contribution in [1.29, 1.82) is 0 Å². The summed E-state index contributed by atoms with van der Waals surface area (Å²) in [7, 11) is 1.99. The molecule has 1 aliphatic rings. The number of rotatable bonds is 8. The molecule has 0 unspecified atom stereocenters. The Bertz CT molecular complexity index is 755. The molecule has 1 amide bonds. The molecule has 0 atom stereocenters. The first-order valence-electron chi connectivity index (χ1n) is 10.1. The van der Waals surface area contributed by atoms with Gasteiger partial charge in [0, 0.05) is 25.0 Å². The number of anilines is 2. The van der Waals surface area contributed by atoms with Crippen LogP contribution in [0.2, 0.25) is 0 Å². The van der Waals surface area contributed by atoms with Gasteiger partial charge in [-0.15, -0.1) is 0 Å². The number of hydrogen-bond donors (Lipinski definition) is 2. The third-order valence-corrected chi connectivity index (χ3v) is 5.17. The van der Waals surface area contributed by atoms with Gasteiger partial charge in [0.05, 0.1) is 12.2 Å². The molecular formula is C22H30N4O2. The smallest absolute Gasteiger partial charge is 0.257 e. The summed E-state index contributed by atoms with van der Waals surface area (Å²) in [6.07, 6.45) is 5.01. The molecule has 150 valence electrons. The molecule has 0 aliphatic carbocycles. The van der Waals surface area contributed by atoms with Crippen molar-refractivity contribution in [2.45, 2.75) is 26.2 Å². The Morgan fingerprint density at radius 3 is 2.64 bits per heavy atom. The van der Waals surface area contributed by atoms with Crippen LogP contribution < -0.4 is 15.4 Å². The lowest BCUT2D eigenvalue weighted by atomic mass is 9.93. The van der Waals surface area contributed by atoms with E-state index in [2.05, 4.69) is 15.6 Å². The van der Waals surface area contributed by atoms with Crippen molar-refractivity contribution in [3.63, 3.8) is 0 Å². The Morgan fingerprint density at radius 1 is 1.21 bits per heavy atom. The lowest BCUT2D eigenvalue weighted by molar-refractivity contribution is 0.0688. The summed E-state index contributed by atoms with van der Waals surface area (Å²) in [6, 6.07) is 11.3. The van der Waals surface area contributed by atoms with Crippen LogP contribution in [0.1, 0.15) is 36.5 Å². The van der Waals surface area contributed by atoms with Crippen molar-refractivity contribution in [3.8, 4) is 5.75 Å². The van der Waals surface area contributed by atoms with Gasteiger partial charge in [-0.3, -0.25) is 4.79 Å². The van der Waals surface area contributed by atoms with Crippen LogP contribution in [0.25, 0.3) is 0 Å². The van der Waals surface area contributed by atoms with Crippen LogP contribution in [0.15, 0.2) is 42.6 Å². The summed E-state index contributed by atoms with van der Waals surface area (Å²) >= 11 is 0. The molecule has 0 saturated carbocycles. The Kier molecular flexibility index (Phi) is 7.25. The minimum atomic E-state index is 0.0496. The van der Waals surface area contributed by atoms with E-state index in [-0.39, 0.29) is 5.91 Å². The fourth-order valence-corrected chi connectivity index (χ4v) is 3.56. The zero-order valence-corrected chi connectivity index (χ0v) is 16.8. The molecule has 2 aromatic rings. The standard InChI is InChI=1S/C22H30N4O2/c1-3-28-19-8-6-18(7-9-19)25-21-20(5-4-13-24-21)22(27)26-15-11-17(12-16-26)10-14-23-2/h4-9,13,17,23H,3,10-12,14-16H2,1-2H3,(H,24,25). The number of ether oxygens (including phenoxy) is 1. The predicted molar refractivity (Wildman–Crippen MR) is 112 cm³/mol. The van der Waals surface area contributed by atoms with Crippen LogP contribution in [0.5, 0.6) is 5.75 Å². The molecule has 1 aliphatic heterocycles. The largest absolute Gasteiger partial charge is 0.494 e. The highest BCUT2D eigenvalue weighted by molar-refractivity contribution is 5.99. The van der Waals surface area contributed by atoms with Crippen LogP contribution in [-0.4, -0.2) is 49.1 Å². The van der Waals surface area contributed by atoms with Crippen molar-refractivity contribution < 1.29 is 9.53 Å². The average Bonchev–Trinajstić information content (AvgIpc) is 2.74. The lowest BCUT2D eigenvalue weighted by Gasteiger charge is -2.32. The molecule has 1 saturated heterocycles. The molecule has 28 heavy (non-hydrogen) atoms. The fourth-order valence-electron chi connectivity index (χ4n) is 3.56. The second-order valence-electron chi connectivity index (χ2n) is 7.11. The maximum Gasteiger partial charge on any atom is 0.257 e. The van der Waals surface area contributed by atoms with Gasteiger partial charge in [0.1, 0.15) is 11.6 Å². The number of pyridine rings is 1. The van der Waals surface area contributed by atoms with Gasteiger partial charge in [0.25, 0.3) is 5.91 Å². The number of piperidine rings is 1. The summed E-state index contributed by atoms with van der Waals surface area (Å²) in [6.45, 7) is 5.26. The molecule has 1 fully saturated rings. The van der Waals surface area contributed by atoms with Gasteiger partial charge in [0.15, 0.2) is 0 Å². The molecule has 0 bridgehead atoms. The molecule has 3 rings (SSSR count). The van der Waals surface area contributed by atoms with E-state index in [9.17, 15) is 4.79 Å². The third kappa shape index (κ3) is 5.23. The minimum absolute atomic E-state index is 0.0496. The number of likely N-dealkylation sites (tertiary alicyclic amines) is 1. The molecule has 6 heteroatoms. The minimum Gasteiger partial charge on any atom is -0.494 e. The topological polar surface area (TPSA) is 66.5 Å². The maximum atomic E-state index is 13.1. The van der Waals surface area contributed by atoms with E-state index >= 15 is 0 Å². The summed E-state index contributed by atoms with van der Waals surface area (Å²) in [5, 5.41) is 6.49. The van der Waals surface area contributed by atoms with E-state index in [0.717, 1.165) is 43.9 Å². The van der Waals surface area contributed by atoms with Crippen molar-refractivity contribution >= 4 is 17.4 Å². The van der Waals surface area contributed by atoms with E-state index in [0.29, 0.717) is 23.9 Å². The van der Waals surface area contributed by atoms with Gasteiger partial charge in [-0.2, -0.15) is 0 Å². The van der Waals surface area contributed by atoms with Crippen LogP contribution in [0, 0.1) is 5.92 Å². The van der Waals surface area contributed by atoms with E-state index < -0.39 is 0 Å². The fraction of sp³-hybridized carbons (Fsp3) is 0.455. The first-order valence-corrected chi connectivity index (χ1v) is 10.1. The lowest BCUT2D eigenvalue weighted by Crippen LogP contribution is -2.39. The second-order valence-corrected chi connectivity index (χ2v) is 7.11. The van der Waals surface area contributed by atoms with E-state index in [1.165, 1.54) is 6.42 Å². The highest BCUT2D eigenvalue weighted by Crippen LogP contribution is 2.25.